The lowest BCUT2D eigenvalue weighted by molar-refractivity contribution is -0.124. The minimum atomic E-state index is -0.584. The highest BCUT2D eigenvalue weighted by atomic mass is 35.5. The maximum absolute atomic E-state index is 14.0. The fourth-order valence-electron chi connectivity index (χ4n) is 4.95. The molecular formula is C27H34Cl2N6O3. The number of ether oxygens (including phenoxy) is 1. The summed E-state index contributed by atoms with van der Waals surface area (Å²) in [4.78, 5) is 27.7. The summed E-state index contributed by atoms with van der Waals surface area (Å²) >= 11 is 0. The molecule has 0 spiro atoms. The Bertz CT molecular complexity index is 1320. The number of hydrogen-bond donors (Lipinski definition) is 5. The van der Waals surface area contributed by atoms with Gasteiger partial charge in [-0.2, -0.15) is 0 Å². The second-order valence-electron chi connectivity index (χ2n) is 8.97. The smallest absolute Gasteiger partial charge is 0.234 e. The van der Waals surface area contributed by atoms with Gasteiger partial charge in [0.1, 0.15) is 11.6 Å². The average Bonchev–Trinajstić information content (AvgIpc) is 3.02. The number of hydrogen-bond acceptors (Lipinski definition) is 6. The molecule has 11 heteroatoms. The van der Waals surface area contributed by atoms with Crippen LogP contribution in [0.1, 0.15) is 29.5 Å². The van der Waals surface area contributed by atoms with E-state index in [2.05, 4.69) is 10.7 Å². The minimum absolute atomic E-state index is 0. The largest absolute Gasteiger partial charge is 0.496 e. The Balaban J connectivity index is 0.00000253. The number of hydrazine groups is 1. The van der Waals surface area contributed by atoms with E-state index in [4.69, 9.17) is 21.7 Å². The Hall–Kier alpha value is -3.37. The van der Waals surface area contributed by atoms with E-state index in [1.807, 2.05) is 54.6 Å². The summed E-state index contributed by atoms with van der Waals surface area (Å²) < 4.78 is 5.70. The number of nitrogens with two attached hydrogens (primary N) is 2. The molecule has 0 aliphatic carbocycles. The van der Waals surface area contributed by atoms with Gasteiger partial charge in [0.25, 0.3) is 0 Å². The van der Waals surface area contributed by atoms with Gasteiger partial charge in [0.2, 0.25) is 11.8 Å². The van der Waals surface area contributed by atoms with Crippen LogP contribution in [0.5, 0.6) is 5.75 Å². The Morgan fingerprint density at radius 2 is 1.92 bits per heavy atom. The fourth-order valence-corrected chi connectivity index (χ4v) is 4.95. The zero-order valence-electron chi connectivity index (χ0n) is 21.3. The molecule has 1 aliphatic rings. The number of likely N-dealkylation sites (N-methyl/N-ethyl adjacent to an activating group) is 1. The standard InChI is InChI=1S/C27H32N6O3.2ClH/c1-31-22(26(29)34)14-19-8-7-16-5-3-4-6-23(16)33(27(19)35)15-21-20-11-9-18(25(28)32-30)13-17(20)10-12-24(21)36-2;;/h3-6,9-13,19,22,31H,7-8,14-15,30H2,1-2H3,(H2,28,32)(H2,29,34);2*1H/t19-,22-;;/m0../s1. The number of nitrogens with one attached hydrogen (secondary N) is 3. The highest BCUT2D eigenvalue weighted by Crippen LogP contribution is 2.36. The first-order valence-electron chi connectivity index (χ1n) is 11.9. The van der Waals surface area contributed by atoms with Crippen LogP contribution in [-0.4, -0.2) is 37.8 Å². The molecule has 0 saturated heterocycles. The predicted molar refractivity (Wildman–Crippen MR) is 155 cm³/mol. The molecule has 38 heavy (non-hydrogen) atoms. The highest BCUT2D eigenvalue weighted by molar-refractivity contribution is 6.02. The molecule has 3 aromatic rings. The van der Waals surface area contributed by atoms with Gasteiger partial charge in [-0.15, -0.1) is 24.8 Å². The maximum atomic E-state index is 14.0. The molecule has 2 amide bonds. The zero-order valence-corrected chi connectivity index (χ0v) is 23.0. The molecule has 0 unspecified atom stereocenters. The van der Waals surface area contributed by atoms with Gasteiger partial charge >= 0.3 is 0 Å². The minimum Gasteiger partial charge on any atom is -0.496 e. The van der Waals surface area contributed by atoms with Crippen molar-refractivity contribution in [2.24, 2.45) is 17.5 Å². The topological polar surface area (TPSA) is 147 Å². The lowest BCUT2D eigenvalue weighted by atomic mass is 9.93. The van der Waals surface area contributed by atoms with Crippen molar-refractivity contribution < 1.29 is 14.3 Å². The number of anilines is 1. The Morgan fingerprint density at radius 1 is 1.18 bits per heavy atom. The highest BCUT2D eigenvalue weighted by Gasteiger charge is 2.33. The first kappa shape index (κ1) is 30.9. The van der Waals surface area contributed by atoms with Crippen LogP contribution in [0.3, 0.4) is 0 Å². The van der Waals surface area contributed by atoms with E-state index >= 15 is 0 Å². The van der Waals surface area contributed by atoms with Crippen LogP contribution >= 0.6 is 24.8 Å². The maximum Gasteiger partial charge on any atom is 0.234 e. The first-order valence-corrected chi connectivity index (χ1v) is 11.9. The fraction of sp³-hybridized carbons (Fsp3) is 0.296. The van der Waals surface area contributed by atoms with Gasteiger partial charge in [0, 0.05) is 22.7 Å². The summed E-state index contributed by atoms with van der Waals surface area (Å²) in [5.74, 6) is 5.32. The third-order valence-electron chi connectivity index (χ3n) is 6.93. The van der Waals surface area contributed by atoms with E-state index in [0.717, 1.165) is 34.0 Å². The number of carbonyl (C=O) groups excluding carboxylic acids is 2. The molecular weight excluding hydrogens is 527 g/mol. The second-order valence-corrected chi connectivity index (χ2v) is 8.97. The molecule has 7 N–H and O–H groups in total. The monoisotopic (exact) mass is 560 g/mol. The SMILES string of the molecule is CN[C@@H](C[C@@H]1CCc2ccccc2N(Cc2c(OC)ccc3cc(C(=N)NN)ccc23)C1=O)C(N)=O.Cl.Cl. The molecule has 0 bridgehead atoms. The van der Waals surface area contributed by atoms with Crippen LogP contribution < -0.4 is 32.0 Å². The van der Waals surface area contributed by atoms with Crippen molar-refractivity contribution in [2.45, 2.75) is 31.8 Å². The van der Waals surface area contributed by atoms with Crippen LogP contribution in [0.4, 0.5) is 5.69 Å². The second kappa shape index (κ2) is 13.4. The molecule has 0 radical (unpaired) electrons. The lowest BCUT2D eigenvalue weighted by Crippen LogP contribution is -2.44. The lowest BCUT2D eigenvalue weighted by Gasteiger charge is -2.28. The molecule has 1 heterocycles. The summed E-state index contributed by atoms with van der Waals surface area (Å²) in [5.41, 5.74) is 11.4. The molecule has 0 fully saturated rings. The van der Waals surface area contributed by atoms with E-state index in [1.54, 1.807) is 19.1 Å². The van der Waals surface area contributed by atoms with Gasteiger partial charge in [-0.05, 0) is 60.8 Å². The summed E-state index contributed by atoms with van der Waals surface area (Å²) in [6.07, 6.45) is 1.68. The van der Waals surface area contributed by atoms with E-state index in [0.29, 0.717) is 30.7 Å². The molecule has 0 saturated carbocycles. The van der Waals surface area contributed by atoms with Crippen molar-refractivity contribution in [3.05, 3.63) is 71.3 Å². The molecule has 9 nitrogen and oxygen atoms in total. The van der Waals surface area contributed by atoms with E-state index in [1.165, 1.54) is 0 Å². The molecule has 2 atom stereocenters. The van der Waals surface area contributed by atoms with Gasteiger partial charge in [-0.25, -0.2) is 5.84 Å². The number of methoxy groups -OCH3 is 1. The number of benzene rings is 3. The quantitative estimate of drug-likeness (QED) is 0.124. The number of carbonyl (C=O) groups is 2. The summed E-state index contributed by atoms with van der Waals surface area (Å²) in [6, 6.07) is 16.7. The molecule has 4 rings (SSSR count). The summed E-state index contributed by atoms with van der Waals surface area (Å²) in [7, 11) is 3.29. The molecule has 1 aliphatic heterocycles. The molecule has 0 aromatic heterocycles. The number of halogens is 2. The number of fused-ring (bicyclic) bond motifs is 2. The third kappa shape index (κ3) is 6.19. The van der Waals surface area contributed by atoms with Crippen molar-refractivity contribution in [3.8, 4) is 5.75 Å². The number of para-hydroxylation sites is 1. The predicted octanol–water partition coefficient (Wildman–Crippen LogP) is 3.04. The number of nitrogens with zero attached hydrogens (tertiary/aromatic N) is 1. The third-order valence-corrected chi connectivity index (χ3v) is 6.93. The van der Waals surface area contributed by atoms with Crippen LogP contribution in [-0.2, 0) is 22.6 Å². The number of amides is 2. The van der Waals surface area contributed by atoms with E-state index in [9.17, 15) is 9.59 Å². The van der Waals surface area contributed by atoms with Crippen molar-refractivity contribution >= 4 is 58.9 Å². The van der Waals surface area contributed by atoms with Gasteiger partial charge in [-0.1, -0.05) is 36.4 Å². The summed E-state index contributed by atoms with van der Waals surface area (Å²) in [6.45, 7) is 0.291. The van der Waals surface area contributed by atoms with E-state index in [-0.39, 0.29) is 42.5 Å². The average molecular weight is 562 g/mol. The molecule has 3 aromatic carbocycles. The zero-order chi connectivity index (χ0) is 25.8. The number of primary amides is 1. The normalized spacial score (nSPS) is 15.4. The summed E-state index contributed by atoms with van der Waals surface area (Å²) in [5, 5.41) is 12.8. The Morgan fingerprint density at radius 3 is 2.58 bits per heavy atom. The van der Waals surface area contributed by atoms with Crippen molar-refractivity contribution in [2.75, 3.05) is 19.1 Å². The van der Waals surface area contributed by atoms with Gasteiger partial charge < -0.3 is 26.1 Å². The van der Waals surface area contributed by atoms with Crippen molar-refractivity contribution in [1.29, 1.82) is 5.41 Å². The van der Waals surface area contributed by atoms with Crippen molar-refractivity contribution in [3.63, 3.8) is 0 Å². The van der Waals surface area contributed by atoms with Gasteiger partial charge in [0.05, 0.1) is 19.7 Å². The van der Waals surface area contributed by atoms with Gasteiger partial charge in [-0.3, -0.25) is 15.0 Å². The van der Waals surface area contributed by atoms with Crippen LogP contribution in [0.2, 0.25) is 0 Å². The Labute approximate surface area is 234 Å². The molecule has 204 valence electrons. The Kier molecular flexibility index (Phi) is 10.9. The van der Waals surface area contributed by atoms with Gasteiger partial charge in [0.15, 0.2) is 0 Å². The number of aryl methyl sites for hydroxylation is 1. The van der Waals surface area contributed by atoms with Crippen LogP contribution in [0.25, 0.3) is 10.8 Å². The van der Waals surface area contributed by atoms with E-state index < -0.39 is 11.9 Å². The number of rotatable bonds is 8. The first-order chi connectivity index (χ1) is 17.4. The van der Waals surface area contributed by atoms with Crippen LogP contribution in [0, 0.1) is 11.3 Å². The van der Waals surface area contributed by atoms with Crippen LogP contribution in [0.15, 0.2) is 54.6 Å². The number of amidine groups is 1. The van der Waals surface area contributed by atoms with Crippen molar-refractivity contribution in [1.82, 2.24) is 10.7 Å².